The molecule has 0 unspecified atom stereocenters. The van der Waals surface area contributed by atoms with Crippen molar-refractivity contribution in [3.05, 3.63) is 65.2 Å². The Hall–Kier alpha value is -2.82. The Kier molecular flexibility index (Phi) is 6.69. The van der Waals surface area contributed by atoms with Gasteiger partial charge in [0.2, 0.25) is 5.91 Å². The van der Waals surface area contributed by atoms with E-state index >= 15 is 0 Å². The number of rotatable bonds is 8. The van der Waals surface area contributed by atoms with Gasteiger partial charge in [0.05, 0.1) is 12.2 Å². The third kappa shape index (κ3) is 5.35. The van der Waals surface area contributed by atoms with Crippen LogP contribution in [0.3, 0.4) is 0 Å². The lowest BCUT2D eigenvalue weighted by Crippen LogP contribution is -2.32. The summed E-state index contributed by atoms with van der Waals surface area (Å²) in [6, 6.07) is 15.8. The second-order valence-electron chi connectivity index (χ2n) is 7.36. The lowest BCUT2D eigenvalue weighted by Gasteiger charge is -2.20. The fraction of sp³-hybridized carbons (Fsp3) is 0.391. The average Bonchev–Trinajstić information content (AvgIpc) is 3.07. The zero-order chi connectivity index (χ0) is 19.9. The van der Waals surface area contributed by atoms with E-state index in [4.69, 9.17) is 4.74 Å². The van der Waals surface area contributed by atoms with Crippen LogP contribution in [-0.2, 0) is 22.4 Å². The lowest BCUT2D eigenvalue weighted by molar-refractivity contribution is -0.119. The van der Waals surface area contributed by atoms with Crippen molar-refractivity contribution in [3.8, 4) is 0 Å². The highest BCUT2D eigenvalue weighted by Gasteiger charge is 2.19. The summed E-state index contributed by atoms with van der Waals surface area (Å²) in [7, 11) is 0. The summed E-state index contributed by atoms with van der Waals surface area (Å²) in [4.78, 5) is 25.5. The van der Waals surface area contributed by atoms with E-state index < -0.39 is 0 Å². The molecule has 2 aromatic carbocycles. The molecule has 1 amide bonds. The van der Waals surface area contributed by atoms with Gasteiger partial charge in [0.25, 0.3) is 0 Å². The first-order chi connectivity index (χ1) is 13.5. The van der Waals surface area contributed by atoms with Gasteiger partial charge in [-0.25, -0.2) is 4.79 Å². The number of amides is 1. The average molecular weight is 380 g/mol. The van der Waals surface area contributed by atoms with Crippen LogP contribution < -0.4 is 10.2 Å². The quantitative estimate of drug-likeness (QED) is 0.564. The minimum absolute atomic E-state index is 0.00722. The fourth-order valence-corrected chi connectivity index (χ4v) is 3.71. The van der Waals surface area contributed by atoms with Gasteiger partial charge in [0.15, 0.2) is 0 Å². The monoisotopic (exact) mass is 380 g/mol. The Bertz CT molecular complexity index is 820. The van der Waals surface area contributed by atoms with Crippen LogP contribution in [0.15, 0.2) is 48.5 Å². The molecule has 0 bridgehead atoms. The van der Waals surface area contributed by atoms with Crippen molar-refractivity contribution >= 4 is 17.6 Å². The van der Waals surface area contributed by atoms with Gasteiger partial charge in [-0.05, 0) is 55.5 Å². The summed E-state index contributed by atoms with van der Waals surface area (Å²) in [6.45, 7) is 5.86. The number of carbonyl (C=O) groups excluding carboxylic acids is 2. The molecule has 0 fully saturated rings. The van der Waals surface area contributed by atoms with E-state index in [1.165, 1.54) is 16.8 Å². The number of ether oxygens (including phenoxy) is 1. The Morgan fingerprint density at radius 3 is 2.71 bits per heavy atom. The van der Waals surface area contributed by atoms with Crippen molar-refractivity contribution in [2.45, 2.75) is 39.2 Å². The van der Waals surface area contributed by atoms with E-state index in [1.807, 2.05) is 25.1 Å². The predicted octanol–water partition coefficient (Wildman–Crippen LogP) is 3.36. The number of hydrogen-bond donors (Lipinski definition) is 1. The maximum atomic E-state index is 12.0. The molecule has 0 saturated carbocycles. The molecule has 1 N–H and O–H groups in total. The van der Waals surface area contributed by atoms with E-state index in [0.717, 1.165) is 32.4 Å². The molecular formula is C23H28N2O3. The smallest absolute Gasteiger partial charge is 0.338 e. The van der Waals surface area contributed by atoms with E-state index in [1.54, 1.807) is 19.1 Å². The molecule has 5 heteroatoms. The summed E-state index contributed by atoms with van der Waals surface area (Å²) < 4.78 is 5.37. The third-order valence-corrected chi connectivity index (χ3v) is 4.94. The molecule has 2 aromatic rings. The molecule has 0 radical (unpaired) electrons. The van der Waals surface area contributed by atoms with Crippen molar-refractivity contribution in [2.24, 2.45) is 0 Å². The third-order valence-electron chi connectivity index (χ3n) is 4.94. The first-order valence-corrected chi connectivity index (χ1v) is 9.89. The van der Waals surface area contributed by atoms with E-state index in [-0.39, 0.29) is 17.9 Å². The lowest BCUT2D eigenvalue weighted by atomic mass is 10.0. The van der Waals surface area contributed by atoms with Gasteiger partial charge in [-0.3, -0.25) is 4.79 Å². The van der Waals surface area contributed by atoms with Crippen molar-refractivity contribution in [2.75, 3.05) is 24.6 Å². The molecule has 1 aliphatic rings. The number of hydrogen-bond acceptors (Lipinski definition) is 4. The molecule has 5 nitrogen and oxygen atoms in total. The number of benzene rings is 2. The zero-order valence-corrected chi connectivity index (χ0v) is 16.6. The van der Waals surface area contributed by atoms with E-state index in [0.29, 0.717) is 12.2 Å². The highest BCUT2D eigenvalue weighted by atomic mass is 16.5. The van der Waals surface area contributed by atoms with E-state index in [9.17, 15) is 9.59 Å². The summed E-state index contributed by atoms with van der Waals surface area (Å²) in [5, 5.41) is 2.93. The van der Waals surface area contributed by atoms with E-state index in [2.05, 4.69) is 28.4 Å². The van der Waals surface area contributed by atoms with Crippen molar-refractivity contribution < 1.29 is 14.3 Å². The topological polar surface area (TPSA) is 58.6 Å². The van der Waals surface area contributed by atoms with Crippen molar-refractivity contribution in [1.29, 1.82) is 0 Å². The Balaban J connectivity index is 1.46. The number of anilines is 1. The molecule has 0 saturated heterocycles. The molecule has 1 atom stereocenters. The molecule has 0 aliphatic carbocycles. The standard InChI is InChI=1S/C23H28N2O3/c1-17(24-18(2)26)15-19-9-10-22-21(16-19)11-13-25(22)12-6-14-28-23(27)20-7-4-3-5-8-20/h3-5,7-10,16-17H,6,11-15H2,1-2H3,(H,24,26)/t17-/m1/s1. The summed E-state index contributed by atoms with van der Waals surface area (Å²) in [5.41, 5.74) is 4.47. The number of nitrogens with zero attached hydrogens (tertiary/aromatic N) is 1. The molecule has 28 heavy (non-hydrogen) atoms. The van der Waals surface area contributed by atoms with Gasteiger partial charge >= 0.3 is 5.97 Å². The van der Waals surface area contributed by atoms with Gasteiger partial charge in [-0.2, -0.15) is 0 Å². The number of carbonyl (C=O) groups is 2. The highest BCUT2D eigenvalue weighted by molar-refractivity contribution is 5.89. The first kappa shape index (κ1) is 19.9. The van der Waals surface area contributed by atoms with Crippen molar-refractivity contribution in [1.82, 2.24) is 5.32 Å². The van der Waals surface area contributed by atoms with Gasteiger partial charge in [0, 0.05) is 31.7 Å². The fourth-order valence-electron chi connectivity index (χ4n) is 3.71. The molecule has 1 heterocycles. The Morgan fingerprint density at radius 1 is 1.18 bits per heavy atom. The number of fused-ring (bicyclic) bond motifs is 1. The van der Waals surface area contributed by atoms with Crippen LogP contribution in [0.25, 0.3) is 0 Å². The van der Waals surface area contributed by atoms with Crippen LogP contribution in [0.2, 0.25) is 0 Å². The Labute approximate surface area is 166 Å². The maximum absolute atomic E-state index is 12.0. The zero-order valence-electron chi connectivity index (χ0n) is 16.6. The van der Waals surface area contributed by atoms with Crippen LogP contribution in [0, 0.1) is 0 Å². The largest absolute Gasteiger partial charge is 0.462 e. The second kappa shape index (κ2) is 9.40. The van der Waals surface area contributed by atoms with Crippen LogP contribution in [0.4, 0.5) is 5.69 Å². The molecule has 0 aromatic heterocycles. The summed E-state index contributed by atoms with van der Waals surface area (Å²) in [5.74, 6) is -0.256. The number of nitrogens with one attached hydrogen (secondary N) is 1. The molecule has 1 aliphatic heterocycles. The summed E-state index contributed by atoms with van der Waals surface area (Å²) in [6.07, 6.45) is 2.67. The number of esters is 1. The molecule has 3 rings (SSSR count). The van der Waals surface area contributed by atoms with Gasteiger partial charge in [0.1, 0.15) is 0 Å². The Morgan fingerprint density at radius 2 is 1.96 bits per heavy atom. The van der Waals surface area contributed by atoms with Gasteiger partial charge in [-0.15, -0.1) is 0 Å². The minimum atomic E-state index is -0.264. The highest BCUT2D eigenvalue weighted by Crippen LogP contribution is 2.29. The van der Waals surface area contributed by atoms with Crippen LogP contribution in [-0.4, -0.2) is 37.6 Å². The van der Waals surface area contributed by atoms with Gasteiger partial charge in [-0.1, -0.05) is 30.3 Å². The maximum Gasteiger partial charge on any atom is 0.338 e. The second-order valence-corrected chi connectivity index (χ2v) is 7.36. The minimum Gasteiger partial charge on any atom is -0.462 e. The first-order valence-electron chi connectivity index (χ1n) is 9.89. The molecule has 148 valence electrons. The van der Waals surface area contributed by atoms with Crippen LogP contribution in [0.5, 0.6) is 0 Å². The van der Waals surface area contributed by atoms with Gasteiger partial charge < -0.3 is 15.0 Å². The summed E-state index contributed by atoms with van der Waals surface area (Å²) >= 11 is 0. The molecular weight excluding hydrogens is 352 g/mol. The SMILES string of the molecule is CC(=O)N[C@H](C)Cc1ccc2c(c1)CCN2CCCOC(=O)c1ccccc1. The van der Waals surface area contributed by atoms with Crippen LogP contribution >= 0.6 is 0 Å². The predicted molar refractivity (Wildman–Crippen MR) is 111 cm³/mol. The normalized spacial score (nSPS) is 13.7. The molecule has 0 spiro atoms. The van der Waals surface area contributed by atoms with Crippen molar-refractivity contribution in [3.63, 3.8) is 0 Å². The van der Waals surface area contributed by atoms with Crippen LogP contribution in [0.1, 0.15) is 41.8 Å².